The zero-order valence-corrected chi connectivity index (χ0v) is 14.1. The fourth-order valence-electron chi connectivity index (χ4n) is 2.00. The molecule has 3 nitrogen and oxygen atoms in total. The van der Waals surface area contributed by atoms with Gasteiger partial charge in [-0.3, -0.25) is 4.79 Å². The standard InChI is InChI=1S/C12H24N2O.2C2H6/c1-3-4-5-7-14(2)8-6-11-9-12(15)10-13-11;2*1-2/h11,13H,3-10H2,1-2H3;2*1-2H3. The van der Waals surface area contributed by atoms with Gasteiger partial charge in [0.25, 0.3) is 0 Å². The molecule has 116 valence electrons. The summed E-state index contributed by atoms with van der Waals surface area (Å²) in [6.07, 6.45) is 5.75. The maximum atomic E-state index is 11.0. The van der Waals surface area contributed by atoms with E-state index in [2.05, 4.69) is 24.2 Å². The summed E-state index contributed by atoms with van der Waals surface area (Å²) in [4.78, 5) is 13.4. The van der Waals surface area contributed by atoms with Crippen LogP contribution >= 0.6 is 0 Å². The highest BCUT2D eigenvalue weighted by molar-refractivity contribution is 5.83. The lowest BCUT2D eigenvalue weighted by Crippen LogP contribution is -2.29. The molecule has 0 aliphatic carbocycles. The normalized spacial score (nSPS) is 17.6. The Bertz CT molecular complexity index is 195. The maximum absolute atomic E-state index is 11.0. The second kappa shape index (κ2) is 15.6. The predicted octanol–water partition coefficient (Wildman–Crippen LogP) is 3.48. The lowest BCUT2D eigenvalue weighted by Gasteiger charge is -2.18. The Kier molecular flexibility index (Phi) is 17.2. The van der Waals surface area contributed by atoms with Crippen LogP contribution in [0.25, 0.3) is 0 Å². The first-order valence-electron chi connectivity index (χ1n) is 8.16. The van der Waals surface area contributed by atoms with Crippen molar-refractivity contribution in [1.29, 1.82) is 0 Å². The molecular weight excluding hydrogens is 236 g/mol. The van der Waals surface area contributed by atoms with Crippen molar-refractivity contribution in [2.45, 2.75) is 72.8 Å². The molecule has 0 spiro atoms. The summed E-state index contributed by atoms with van der Waals surface area (Å²) in [6.45, 7) is 13.1. The molecule has 0 bridgehead atoms. The van der Waals surface area contributed by atoms with E-state index in [9.17, 15) is 4.79 Å². The van der Waals surface area contributed by atoms with Crippen LogP contribution in [0, 0.1) is 0 Å². The fraction of sp³-hybridized carbons (Fsp3) is 0.938. The third kappa shape index (κ3) is 12.4. The van der Waals surface area contributed by atoms with E-state index in [1.165, 1.54) is 25.8 Å². The molecule has 1 aliphatic rings. The van der Waals surface area contributed by atoms with Gasteiger partial charge >= 0.3 is 0 Å². The zero-order chi connectivity index (χ0) is 15.1. The van der Waals surface area contributed by atoms with Crippen LogP contribution in [-0.4, -0.2) is 43.4 Å². The summed E-state index contributed by atoms with van der Waals surface area (Å²) in [6, 6.07) is 0.436. The minimum absolute atomic E-state index is 0.369. The van der Waals surface area contributed by atoms with Crippen molar-refractivity contribution in [2.24, 2.45) is 0 Å². The van der Waals surface area contributed by atoms with E-state index in [0.29, 0.717) is 18.4 Å². The van der Waals surface area contributed by atoms with Crippen LogP contribution < -0.4 is 5.32 Å². The molecular formula is C16H36N2O. The molecule has 0 radical (unpaired) electrons. The molecule has 0 aromatic carbocycles. The molecule has 0 amide bonds. The quantitative estimate of drug-likeness (QED) is 0.720. The maximum Gasteiger partial charge on any atom is 0.148 e. The molecule has 1 rings (SSSR count). The largest absolute Gasteiger partial charge is 0.307 e. The van der Waals surface area contributed by atoms with Crippen LogP contribution in [0.15, 0.2) is 0 Å². The van der Waals surface area contributed by atoms with Gasteiger partial charge in [0.2, 0.25) is 0 Å². The van der Waals surface area contributed by atoms with Gasteiger partial charge < -0.3 is 10.2 Å². The topological polar surface area (TPSA) is 32.3 Å². The summed E-state index contributed by atoms with van der Waals surface area (Å²) in [7, 11) is 2.17. The highest BCUT2D eigenvalue weighted by Gasteiger charge is 2.20. The van der Waals surface area contributed by atoms with E-state index in [1.54, 1.807) is 0 Å². The monoisotopic (exact) mass is 272 g/mol. The third-order valence-electron chi connectivity index (χ3n) is 3.06. The molecule has 1 aliphatic heterocycles. The summed E-state index contributed by atoms with van der Waals surface area (Å²) in [5, 5.41) is 3.25. The molecule has 1 saturated heterocycles. The van der Waals surface area contributed by atoms with E-state index in [0.717, 1.165) is 19.4 Å². The minimum Gasteiger partial charge on any atom is -0.307 e. The van der Waals surface area contributed by atoms with Gasteiger partial charge in [0.15, 0.2) is 0 Å². The second-order valence-corrected chi connectivity index (χ2v) is 4.62. The van der Waals surface area contributed by atoms with Gasteiger partial charge in [-0.05, 0) is 33.0 Å². The Hall–Kier alpha value is -0.410. The lowest BCUT2D eigenvalue weighted by molar-refractivity contribution is -0.116. The number of hydrogen-bond acceptors (Lipinski definition) is 3. The zero-order valence-electron chi connectivity index (χ0n) is 14.1. The van der Waals surface area contributed by atoms with E-state index in [1.807, 2.05) is 27.7 Å². The van der Waals surface area contributed by atoms with E-state index < -0.39 is 0 Å². The second-order valence-electron chi connectivity index (χ2n) is 4.62. The van der Waals surface area contributed by atoms with Gasteiger partial charge in [0.1, 0.15) is 5.78 Å². The van der Waals surface area contributed by atoms with Crippen molar-refractivity contribution in [2.75, 3.05) is 26.7 Å². The summed E-state index contributed by atoms with van der Waals surface area (Å²) in [5.41, 5.74) is 0. The first-order valence-corrected chi connectivity index (χ1v) is 8.16. The van der Waals surface area contributed by atoms with Crippen LogP contribution in [0.3, 0.4) is 0 Å². The molecule has 1 atom stereocenters. The number of carbonyl (C=O) groups is 1. The Morgan fingerprint density at radius 1 is 1.16 bits per heavy atom. The first kappa shape index (κ1) is 20.9. The number of Topliss-reactive ketones (excluding diaryl/α,β-unsaturated/α-hetero) is 1. The van der Waals surface area contributed by atoms with Gasteiger partial charge in [-0.25, -0.2) is 0 Å². The molecule has 1 N–H and O–H groups in total. The van der Waals surface area contributed by atoms with Crippen LogP contribution in [-0.2, 0) is 4.79 Å². The van der Waals surface area contributed by atoms with E-state index in [-0.39, 0.29) is 0 Å². The van der Waals surface area contributed by atoms with Crippen molar-refractivity contribution in [1.82, 2.24) is 10.2 Å². The highest BCUT2D eigenvalue weighted by Crippen LogP contribution is 2.07. The van der Waals surface area contributed by atoms with Gasteiger partial charge in [0.05, 0.1) is 6.54 Å². The Morgan fingerprint density at radius 3 is 2.26 bits per heavy atom. The molecule has 1 heterocycles. The van der Waals surface area contributed by atoms with Gasteiger partial charge in [-0.2, -0.15) is 0 Å². The van der Waals surface area contributed by atoms with Crippen molar-refractivity contribution in [3.05, 3.63) is 0 Å². The molecule has 1 unspecified atom stereocenters. The van der Waals surface area contributed by atoms with Gasteiger partial charge in [-0.1, -0.05) is 47.5 Å². The van der Waals surface area contributed by atoms with Crippen LogP contribution in [0.5, 0.6) is 0 Å². The summed E-state index contributed by atoms with van der Waals surface area (Å²) in [5.74, 6) is 0.369. The van der Waals surface area contributed by atoms with E-state index >= 15 is 0 Å². The Morgan fingerprint density at radius 2 is 1.79 bits per heavy atom. The Balaban J connectivity index is 0. The third-order valence-corrected chi connectivity index (χ3v) is 3.06. The average molecular weight is 272 g/mol. The van der Waals surface area contributed by atoms with Crippen molar-refractivity contribution < 1.29 is 4.79 Å². The van der Waals surface area contributed by atoms with Crippen LogP contribution in [0.4, 0.5) is 0 Å². The number of nitrogens with one attached hydrogen (secondary N) is 1. The molecule has 19 heavy (non-hydrogen) atoms. The number of rotatable bonds is 7. The van der Waals surface area contributed by atoms with Crippen molar-refractivity contribution in [3.8, 4) is 0 Å². The van der Waals surface area contributed by atoms with Crippen LogP contribution in [0.1, 0.15) is 66.7 Å². The molecule has 3 heteroatoms. The number of carbonyl (C=O) groups excluding carboxylic acids is 1. The SMILES string of the molecule is CC.CC.CCCCCN(C)CCC1CC(=O)CN1. The van der Waals surface area contributed by atoms with Gasteiger partial charge in [0, 0.05) is 12.5 Å². The Labute approximate surface area is 121 Å². The van der Waals surface area contributed by atoms with Crippen molar-refractivity contribution >= 4 is 5.78 Å². The van der Waals surface area contributed by atoms with Crippen LogP contribution in [0.2, 0.25) is 0 Å². The number of nitrogens with zero attached hydrogens (tertiary/aromatic N) is 1. The smallest absolute Gasteiger partial charge is 0.148 e. The number of ketones is 1. The summed E-state index contributed by atoms with van der Waals surface area (Å²) >= 11 is 0. The fourth-order valence-corrected chi connectivity index (χ4v) is 2.00. The highest BCUT2D eigenvalue weighted by atomic mass is 16.1. The molecule has 0 aromatic heterocycles. The summed E-state index contributed by atoms with van der Waals surface area (Å²) < 4.78 is 0. The minimum atomic E-state index is 0.369. The lowest BCUT2D eigenvalue weighted by atomic mass is 10.1. The van der Waals surface area contributed by atoms with Crippen molar-refractivity contribution in [3.63, 3.8) is 0 Å². The predicted molar refractivity (Wildman–Crippen MR) is 85.7 cm³/mol. The molecule has 0 aromatic rings. The van der Waals surface area contributed by atoms with E-state index in [4.69, 9.17) is 0 Å². The first-order chi connectivity index (χ1) is 9.22. The number of hydrogen-bond donors (Lipinski definition) is 1. The number of unbranched alkanes of at least 4 members (excludes halogenated alkanes) is 2. The van der Waals surface area contributed by atoms with Gasteiger partial charge in [-0.15, -0.1) is 0 Å². The average Bonchev–Trinajstić information content (AvgIpc) is 2.87. The molecule has 0 saturated carbocycles. The molecule has 1 fully saturated rings.